The summed E-state index contributed by atoms with van der Waals surface area (Å²) < 4.78 is 0. The number of anilines is 1. The van der Waals surface area contributed by atoms with Gasteiger partial charge in [-0.1, -0.05) is 12.8 Å². The fourth-order valence-corrected chi connectivity index (χ4v) is 1.49. The van der Waals surface area contributed by atoms with E-state index < -0.39 is 5.97 Å². The van der Waals surface area contributed by atoms with Crippen molar-refractivity contribution in [3.8, 4) is 12.3 Å². The van der Waals surface area contributed by atoms with Crippen molar-refractivity contribution >= 4 is 11.7 Å². The summed E-state index contributed by atoms with van der Waals surface area (Å²) in [5.41, 5.74) is 1.26. The minimum atomic E-state index is -0.912. The molecular formula is C13H15NO2. The average molecular weight is 217 g/mol. The number of nitrogens with zero attached hydrogens (tertiary/aromatic N) is 1. The highest BCUT2D eigenvalue weighted by Crippen LogP contribution is 2.15. The molecule has 1 aromatic carbocycles. The number of carboxylic acid groups (broad SMARTS) is 1. The Balaban J connectivity index is 2.85. The zero-order valence-electron chi connectivity index (χ0n) is 9.31. The number of hydrogen-bond donors (Lipinski definition) is 1. The first-order chi connectivity index (χ1) is 7.69. The van der Waals surface area contributed by atoms with Crippen LogP contribution in [0, 0.1) is 12.3 Å². The highest BCUT2D eigenvalue weighted by Gasteiger charge is 2.06. The summed E-state index contributed by atoms with van der Waals surface area (Å²) in [5.74, 6) is 1.69. The molecular weight excluding hydrogens is 202 g/mol. The average Bonchev–Trinajstić information content (AvgIpc) is 2.29. The maximum atomic E-state index is 10.7. The molecule has 0 atom stereocenters. The van der Waals surface area contributed by atoms with Gasteiger partial charge in [0.25, 0.3) is 0 Å². The Morgan fingerprint density at radius 2 is 2.06 bits per heavy atom. The topological polar surface area (TPSA) is 40.5 Å². The van der Waals surface area contributed by atoms with E-state index in [1.165, 1.54) is 0 Å². The fourth-order valence-electron chi connectivity index (χ4n) is 1.49. The van der Waals surface area contributed by atoms with Crippen LogP contribution in [0.25, 0.3) is 0 Å². The van der Waals surface area contributed by atoms with Gasteiger partial charge in [-0.15, -0.1) is 6.42 Å². The molecule has 1 N–H and O–H groups in total. The summed E-state index contributed by atoms with van der Waals surface area (Å²) in [6.45, 7) is 3.49. The molecule has 16 heavy (non-hydrogen) atoms. The van der Waals surface area contributed by atoms with Crippen LogP contribution < -0.4 is 4.90 Å². The largest absolute Gasteiger partial charge is 0.478 e. The predicted molar refractivity (Wildman–Crippen MR) is 64.7 cm³/mol. The lowest BCUT2D eigenvalue weighted by atomic mass is 10.2. The van der Waals surface area contributed by atoms with Crippen LogP contribution in [0.4, 0.5) is 5.69 Å². The van der Waals surface area contributed by atoms with Crippen LogP contribution in [0.5, 0.6) is 0 Å². The van der Waals surface area contributed by atoms with Crippen LogP contribution in [-0.2, 0) is 0 Å². The number of terminal acetylenes is 1. The van der Waals surface area contributed by atoms with Crippen LogP contribution in [0.1, 0.15) is 23.7 Å². The molecule has 0 saturated heterocycles. The van der Waals surface area contributed by atoms with Crippen molar-refractivity contribution in [3.63, 3.8) is 0 Å². The maximum absolute atomic E-state index is 10.7. The summed E-state index contributed by atoms with van der Waals surface area (Å²) in [7, 11) is 0. The molecule has 0 aromatic heterocycles. The molecule has 0 spiro atoms. The quantitative estimate of drug-likeness (QED) is 0.769. The maximum Gasteiger partial charge on any atom is 0.335 e. The van der Waals surface area contributed by atoms with Gasteiger partial charge in [0, 0.05) is 12.2 Å². The number of carboxylic acids is 1. The molecule has 0 bridgehead atoms. The van der Waals surface area contributed by atoms with Gasteiger partial charge in [-0.3, -0.25) is 0 Å². The predicted octanol–water partition coefficient (Wildman–Crippen LogP) is 2.23. The van der Waals surface area contributed by atoms with E-state index in [-0.39, 0.29) is 0 Å². The van der Waals surface area contributed by atoms with Crippen LogP contribution in [-0.4, -0.2) is 24.2 Å². The monoisotopic (exact) mass is 217 g/mol. The van der Waals surface area contributed by atoms with Gasteiger partial charge in [-0.25, -0.2) is 4.79 Å². The summed E-state index contributed by atoms with van der Waals surface area (Å²) in [5, 5.41) is 8.78. The normalized spacial score (nSPS) is 9.50. The molecule has 0 heterocycles. The first kappa shape index (κ1) is 12.1. The van der Waals surface area contributed by atoms with E-state index in [4.69, 9.17) is 11.5 Å². The minimum Gasteiger partial charge on any atom is -0.478 e. The van der Waals surface area contributed by atoms with Gasteiger partial charge in [0.15, 0.2) is 0 Å². The van der Waals surface area contributed by atoms with Crippen LogP contribution in [0.2, 0.25) is 0 Å². The van der Waals surface area contributed by atoms with Crippen LogP contribution >= 0.6 is 0 Å². The van der Waals surface area contributed by atoms with Crippen molar-refractivity contribution < 1.29 is 9.90 Å². The molecule has 0 fully saturated rings. The van der Waals surface area contributed by atoms with Crippen molar-refractivity contribution in [2.45, 2.75) is 13.3 Å². The van der Waals surface area contributed by atoms with Crippen molar-refractivity contribution in [1.29, 1.82) is 0 Å². The van der Waals surface area contributed by atoms with Crippen molar-refractivity contribution in [1.82, 2.24) is 0 Å². The smallest absolute Gasteiger partial charge is 0.335 e. The van der Waals surface area contributed by atoms with E-state index in [1.807, 2.05) is 4.90 Å². The molecule has 0 saturated carbocycles. The van der Waals surface area contributed by atoms with Gasteiger partial charge in [0.2, 0.25) is 0 Å². The molecule has 84 valence electrons. The number of aromatic carboxylic acids is 1. The van der Waals surface area contributed by atoms with Gasteiger partial charge < -0.3 is 10.0 Å². The standard InChI is InChI=1S/C13H15NO2/c1-3-9-14(10-4-2)12-7-5-11(6-8-12)13(15)16/h1,5-8H,4,9-10H2,2H3,(H,15,16). The van der Waals surface area contributed by atoms with E-state index in [1.54, 1.807) is 24.3 Å². The molecule has 0 aliphatic heterocycles. The molecule has 0 aliphatic carbocycles. The third kappa shape index (κ3) is 3.03. The Kier molecular flexibility index (Phi) is 4.41. The molecule has 0 unspecified atom stereocenters. The summed E-state index contributed by atoms with van der Waals surface area (Å²) in [6, 6.07) is 6.76. The molecule has 0 radical (unpaired) electrons. The van der Waals surface area contributed by atoms with Crippen LogP contribution in [0.15, 0.2) is 24.3 Å². The number of benzene rings is 1. The molecule has 3 heteroatoms. The third-order valence-electron chi connectivity index (χ3n) is 2.26. The van der Waals surface area contributed by atoms with Gasteiger partial charge in [-0.2, -0.15) is 0 Å². The number of carbonyl (C=O) groups is 1. The highest BCUT2D eigenvalue weighted by atomic mass is 16.4. The van der Waals surface area contributed by atoms with Gasteiger partial charge in [0.1, 0.15) is 0 Å². The Hall–Kier alpha value is -1.95. The lowest BCUT2D eigenvalue weighted by Gasteiger charge is -2.21. The van der Waals surface area contributed by atoms with Crippen LogP contribution in [0.3, 0.4) is 0 Å². The van der Waals surface area contributed by atoms with E-state index >= 15 is 0 Å². The lowest BCUT2D eigenvalue weighted by Crippen LogP contribution is -2.24. The Labute approximate surface area is 95.7 Å². The van der Waals surface area contributed by atoms with E-state index in [0.29, 0.717) is 12.1 Å². The zero-order valence-corrected chi connectivity index (χ0v) is 9.31. The second-order valence-electron chi connectivity index (χ2n) is 3.48. The second-order valence-corrected chi connectivity index (χ2v) is 3.48. The van der Waals surface area contributed by atoms with Gasteiger partial charge >= 0.3 is 5.97 Å². The molecule has 0 aliphatic rings. The SMILES string of the molecule is C#CCN(CCC)c1ccc(C(=O)O)cc1. The Bertz CT molecular complexity index is 389. The van der Waals surface area contributed by atoms with E-state index in [2.05, 4.69) is 12.8 Å². The second kappa shape index (κ2) is 5.82. The highest BCUT2D eigenvalue weighted by molar-refractivity contribution is 5.88. The first-order valence-electron chi connectivity index (χ1n) is 5.20. The number of rotatable bonds is 5. The summed E-state index contributed by atoms with van der Waals surface area (Å²) in [6.07, 6.45) is 6.29. The van der Waals surface area contributed by atoms with Crippen molar-refractivity contribution in [2.75, 3.05) is 18.0 Å². The van der Waals surface area contributed by atoms with Gasteiger partial charge in [-0.05, 0) is 30.7 Å². The summed E-state index contributed by atoms with van der Waals surface area (Å²) >= 11 is 0. The van der Waals surface area contributed by atoms with E-state index in [0.717, 1.165) is 18.7 Å². The Morgan fingerprint density at radius 1 is 1.44 bits per heavy atom. The summed E-state index contributed by atoms with van der Waals surface area (Å²) in [4.78, 5) is 12.7. The van der Waals surface area contributed by atoms with Crippen molar-refractivity contribution in [3.05, 3.63) is 29.8 Å². The minimum absolute atomic E-state index is 0.293. The molecule has 1 aromatic rings. The molecule has 0 amide bonds. The third-order valence-corrected chi connectivity index (χ3v) is 2.26. The fraction of sp³-hybridized carbons (Fsp3) is 0.308. The molecule has 3 nitrogen and oxygen atoms in total. The molecule has 1 rings (SSSR count). The Morgan fingerprint density at radius 3 is 2.50 bits per heavy atom. The lowest BCUT2D eigenvalue weighted by molar-refractivity contribution is 0.0697. The van der Waals surface area contributed by atoms with Crippen molar-refractivity contribution in [2.24, 2.45) is 0 Å². The van der Waals surface area contributed by atoms with Gasteiger partial charge in [0.05, 0.1) is 12.1 Å². The number of hydrogen-bond acceptors (Lipinski definition) is 2. The first-order valence-corrected chi connectivity index (χ1v) is 5.20. The zero-order chi connectivity index (χ0) is 12.0. The van der Waals surface area contributed by atoms with E-state index in [9.17, 15) is 4.79 Å².